The summed E-state index contributed by atoms with van der Waals surface area (Å²) in [6.45, 7) is 2.62. The number of hydrogen-bond acceptors (Lipinski definition) is 4. The number of nitrogens with zero attached hydrogens (tertiary/aromatic N) is 2. The Morgan fingerprint density at radius 2 is 1.83 bits per heavy atom. The second-order valence-electron chi connectivity index (χ2n) is 7.36. The molecule has 0 aliphatic carbocycles. The van der Waals surface area contributed by atoms with E-state index < -0.39 is 15.7 Å². The van der Waals surface area contributed by atoms with Gasteiger partial charge in [0.1, 0.15) is 11.4 Å². The monoisotopic (exact) mass is 431 g/mol. The number of carbonyl (C=O) groups is 1. The number of piperidine rings is 1. The van der Waals surface area contributed by atoms with Crippen molar-refractivity contribution in [3.8, 4) is 0 Å². The molecule has 1 spiro atoms. The molecule has 0 atom stereocenters. The van der Waals surface area contributed by atoms with E-state index in [0.717, 1.165) is 12.0 Å². The van der Waals surface area contributed by atoms with E-state index in [2.05, 4.69) is 10.3 Å². The van der Waals surface area contributed by atoms with Gasteiger partial charge in [-0.15, -0.1) is 0 Å². The number of amides is 1. The highest BCUT2D eigenvalue weighted by molar-refractivity contribution is 7.89. The van der Waals surface area contributed by atoms with Crippen molar-refractivity contribution in [2.75, 3.05) is 13.1 Å². The topological polar surface area (TPSA) is 78.8 Å². The third-order valence-corrected chi connectivity index (χ3v) is 7.65. The first-order valence-electron chi connectivity index (χ1n) is 9.60. The molecule has 1 saturated heterocycles. The van der Waals surface area contributed by atoms with Crippen LogP contribution in [0.1, 0.15) is 30.9 Å². The largest absolute Gasteiger partial charge is 0.326 e. The fourth-order valence-electron chi connectivity index (χ4n) is 3.77. The molecule has 2 aromatic carbocycles. The summed E-state index contributed by atoms with van der Waals surface area (Å²) in [5.41, 5.74) is 1.35. The van der Waals surface area contributed by atoms with Crippen LogP contribution in [0.2, 0.25) is 5.02 Å². The van der Waals surface area contributed by atoms with Crippen LogP contribution in [-0.2, 0) is 21.2 Å². The number of aliphatic imine (C=N–C) groups is 1. The highest BCUT2D eigenvalue weighted by Gasteiger charge is 2.44. The van der Waals surface area contributed by atoms with E-state index in [-0.39, 0.29) is 5.91 Å². The van der Waals surface area contributed by atoms with Crippen LogP contribution in [0.5, 0.6) is 0 Å². The number of rotatable bonds is 4. The molecule has 4 rings (SSSR count). The van der Waals surface area contributed by atoms with Crippen LogP contribution >= 0.6 is 11.6 Å². The molecule has 2 aromatic rings. The maximum absolute atomic E-state index is 13.0. The number of nitrogens with one attached hydrogen (secondary N) is 1. The molecule has 0 aromatic heterocycles. The minimum Gasteiger partial charge on any atom is -0.326 e. The second-order valence-corrected chi connectivity index (χ2v) is 9.73. The quantitative estimate of drug-likeness (QED) is 0.808. The molecule has 2 aliphatic rings. The van der Waals surface area contributed by atoms with E-state index in [1.54, 1.807) is 36.4 Å². The van der Waals surface area contributed by atoms with Crippen molar-refractivity contribution in [2.24, 2.45) is 4.99 Å². The summed E-state index contributed by atoms with van der Waals surface area (Å²) in [4.78, 5) is 17.5. The van der Waals surface area contributed by atoms with Crippen molar-refractivity contribution < 1.29 is 13.2 Å². The lowest BCUT2D eigenvalue weighted by atomic mass is 10.00. The summed E-state index contributed by atoms with van der Waals surface area (Å²) in [6.07, 6.45) is 1.71. The number of carbonyl (C=O) groups excluding carboxylic acids is 1. The minimum absolute atomic E-state index is 0.251. The van der Waals surface area contributed by atoms with Gasteiger partial charge in [0, 0.05) is 36.5 Å². The predicted molar refractivity (Wildman–Crippen MR) is 113 cm³/mol. The van der Waals surface area contributed by atoms with Gasteiger partial charge in [-0.3, -0.25) is 9.79 Å². The van der Waals surface area contributed by atoms with Crippen LogP contribution < -0.4 is 5.32 Å². The molecule has 152 valence electrons. The Morgan fingerprint density at radius 1 is 1.14 bits per heavy atom. The normalized spacial score (nSPS) is 19.2. The third kappa shape index (κ3) is 3.82. The van der Waals surface area contributed by atoms with Crippen LogP contribution in [0.4, 0.5) is 0 Å². The molecule has 0 radical (unpaired) electrons. The predicted octanol–water partition coefficient (Wildman–Crippen LogP) is 3.00. The van der Waals surface area contributed by atoms with Gasteiger partial charge >= 0.3 is 0 Å². The van der Waals surface area contributed by atoms with Gasteiger partial charge < -0.3 is 5.32 Å². The molecule has 29 heavy (non-hydrogen) atoms. The Balaban J connectivity index is 1.52. The molecule has 1 amide bonds. The summed E-state index contributed by atoms with van der Waals surface area (Å²) >= 11 is 6.03. The molecule has 1 fully saturated rings. The number of hydrogen-bond donors (Lipinski definition) is 1. The van der Waals surface area contributed by atoms with Crippen LogP contribution in [0.15, 0.2) is 58.4 Å². The Labute approximate surface area is 175 Å². The Morgan fingerprint density at radius 3 is 2.45 bits per heavy atom. The first kappa shape index (κ1) is 20.1. The van der Waals surface area contributed by atoms with Crippen molar-refractivity contribution in [3.05, 3.63) is 64.7 Å². The zero-order valence-corrected chi connectivity index (χ0v) is 17.6. The van der Waals surface area contributed by atoms with Gasteiger partial charge in [0.2, 0.25) is 10.0 Å². The summed E-state index contributed by atoms with van der Waals surface area (Å²) < 4.78 is 27.4. The SMILES string of the molecule is CCc1ccc(S(=O)(=O)N2CCC3(CC2)N=C(c2cccc(Cl)c2)C(=O)N3)cc1. The Bertz CT molecular complexity index is 1070. The van der Waals surface area contributed by atoms with Crippen LogP contribution in [0, 0.1) is 0 Å². The Kier molecular flexibility index (Phi) is 5.23. The highest BCUT2D eigenvalue weighted by Crippen LogP contribution is 2.31. The number of halogens is 1. The van der Waals surface area contributed by atoms with E-state index in [1.807, 2.05) is 19.1 Å². The van der Waals surface area contributed by atoms with E-state index in [9.17, 15) is 13.2 Å². The van der Waals surface area contributed by atoms with Crippen molar-refractivity contribution in [1.82, 2.24) is 9.62 Å². The average Bonchev–Trinajstić information content (AvgIpc) is 3.04. The van der Waals surface area contributed by atoms with Gasteiger partial charge in [0.05, 0.1) is 4.90 Å². The average molecular weight is 432 g/mol. The van der Waals surface area contributed by atoms with Crippen LogP contribution in [0.3, 0.4) is 0 Å². The standard InChI is InChI=1S/C21H22ClN3O3S/c1-2-15-6-8-18(9-7-15)29(27,28)25-12-10-21(11-13-25)23-19(20(26)24-21)16-4-3-5-17(22)14-16/h3-9,14H,2,10-13H2,1H3,(H,24,26). The summed E-state index contributed by atoms with van der Waals surface area (Å²) in [6, 6.07) is 14.0. The van der Waals surface area contributed by atoms with Crippen molar-refractivity contribution in [2.45, 2.75) is 36.7 Å². The second kappa shape index (κ2) is 7.55. The number of sulfonamides is 1. The van der Waals surface area contributed by atoms with Crippen molar-refractivity contribution in [3.63, 3.8) is 0 Å². The number of benzene rings is 2. The van der Waals surface area contributed by atoms with Gasteiger partial charge in [-0.1, -0.05) is 42.8 Å². The van der Waals surface area contributed by atoms with Gasteiger partial charge in [-0.2, -0.15) is 4.31 Å². The molecule has 2 aliphatic heterocycles. The molecule has 8 heteroatoms. The minimum atomic E-state index is -3.56. The van der Waals surface area contributed by atoms with Crippen LogP contribution in [0.25, 0.3) is 0 Å². The molecule has 6 nitrogen and oxygen atoms in total. The van der Waals surface area contributed by atoms with E-state index >= 15 is 0 Å². The third-order valence-electron chi connectivity index (χ3n) is 5.50. The maximum Gasteiger partial charge on any atom is 0.272 e. The highest BCUT2D eigenvalue weighted by atomic mass is 35.5. The van der Waals surface area contributed by atoms with Crippen molar-refractivity contribution in [1.29, 1.82) is 0 Å². The molecule has 1 N–H and O–H groups in total. The maximum atomic E-state index is 13.0. The zero-order chi connectivity index (χ0) is 20.6. The van der Waals surface area contributed by atoms with Gasteiger partial charge in [0.25, 0.3) is 5.91 Å². The fraction of sp³-hybridized carbons (Fsp3) is 0.333. The molecular formula is C21H22ClN3O3S. The summed E-state index contributed by atoms with van der Waals surface area (Å²) in [5, 5.41) is 3.49. The lowest BCUT2D eigenvalue weighted by molar-refractivity contribution is -0.115. The molecule has 0 unspecified atom stereocenters. The fourth-order valence-corrected chi connectivity index (χ4v) is 5.41. The van der Waals surface area contributed by atoms with E-state index in [1.165, 1.54) is 4.31 Å². The first-order chi connectivity index (χ1) is 13.8. The van der Waals surface area contributed by atoms with E-state index in [4.69, 9.17) is 11.6 Å². The van der Waals surface area contributed by atoms with Crippen LogP contribution in [-0.4, -0.2) is 43.1 Å². The molecule has 0 saturated carbocycles. The lowest BCUT2D eigenvalue weighted by Crippen LogP contribution is -2.52. The molecule has 2 heterocycles. The van der Waals surface area contributed by atoms with Gasteiger partial charge in [-0.25, -0.2) is 8.42 Å². The first-order valence-corrected chi connectivity index (χ1v) is 11.4. The molecular weight excluding hydrogens is 410 g/mol. The molecule has 0 bridgehead atoms. The zero-order valence-electron chi connectivity index (χ0n) is 16.1. The van der Waals surface area contributed by atoms with E-state index in [0.29, 0.717) is 47.1 Å². The Hall–Kier alpha value is -2.22. The van der Waals surface area contributed by atoms with Gasteiger partial charge in [-0.05, 0) is 36.2 Å². The lowest BCUT2D eigenvalue weighted by Gasteiger charge is -2.36. The summed E-state index contributed by atoms with van der Waals surface area (Å²) in [7, 11) is -3.56. The van der Waals surface area contributed by atoms with Gasteiger partial charge in [0.15, 0.2) is 0 Å². The number of aryl methyl sites for hydroxylation is 1. The smallest absolute Gasteiger partial charge is 0.272 e. The summed E-state index contributed by atoms with van der Waals surface area (Å²) in [5.74, 6) is -0.251. The van der Waals surface area contributed by atoms with Crippen molar-refractivity contribution >= 4 is 33.2 Å².